The van der Waals surface area contributed by atoms with Crippen LogP contribution in [0.5, 0.6) is 0 Å². The van der Waals surface area contributed by atoms with Gasteiger partial charge in [-0.25, -0.2) is 4.79 Å². The number of carboxylic acids is 1. The third-order valence-corrected chi connectivity index (χ3v) is 8.15. The Balaban J connectivity index is 0.000000387. The van der Waals surface area contributed by atoms with E-state index in [2.05, 4.69) is 82.1 Å². The highest BCUT2D eigenvalue weighted by Crippen LogP contribution is 2.65. The van der Waals surface area contributed by atoms with Gasteiger partial charge in [-0.05, 0) is 65.9 Å². The number of hydrogen-bond acceptors (Lipinski definition) is 4. The normalized spacial score (nSPS) is 21.4. The Kier molecular flexibility index (Phi) is 6.45. The van der Waals surface area contributed by atoms with E-state index < -0.39 is 17.6 Å². The van der Waals surface area contributed by atoms with Gasteiger partial charge < -0.3 is 15.3 Å². The fourth-order valence-electron chi connectivity index (χ4n) is 5.95. The number of anilines is 1. The van der Waals surface area contributed by atoms with Crippen molar-refractivity contribution in [3.63, 3.8) is 0 Å². The first-order valence-corrected chi connectivity index (χ1v) is 13.2. The number of nitrogens with zero attached hydrogens (tertiary/aromatic N) is 2. The molecule has 1 fully saturated rings. The number of carboxylic acid groups (broad SMARTS) is 1. The van der Waals surface area contributed by atoms with Gasteiger partial charge in [-0.1, -0.05) is 54.6 Å². The molecule has 7 nitrogen and oxygen atoms in total. The molecule has 0 unspecified atom stereocenters. The van der Waals surface area contributed by atoms with Crippen LogP contribution < -0.4 is 5.32 Å². The lowest BCUT2D eigenvalue weighted by molar-refractivity contribution is -0.192. The number of nitrogens with one attached hydrogen (secondary N) is 2. The number of aliphatic carboxylic acids is 1. The van der Waals surface area contributed by atoms with Crippen molar-refractivity contribution in [3.05, 3.63) is 94.2 Å². The van der Waals surface area contributed by atoms with Crippen LogP contribution in [0.15, 0.2) is 60.7 Å². The summed E-state index contributed by atoms with van der Waals surface area (Å²) in [6, 6.07) is 21.3. The zero-order valence-corrected chi connectivity index (χ0v) is 22.1. The zero-order chi connectivity index (χ0) is 28.9. The molecule has 2 aliphatic heterocycles. The summed E-state index contributed by atoms with van der Waals surface area (Å²) in [7, 11) is 2.18. The lowest BCUT2D eigenvalue weighted by Crippen LogP contribution is -2.26. The molecule has 10 heteroatoms. The van der Waals surface area contributed by atoms with Gasteiger partial charge in [0.15, 0.2) is 0 Å². The number of H-pyrrole nitrogens is 1. The molecule has 3 aromatic carbocycles. The maximum absolute atomic E-state index is 12.8. The highest BCUT2D eigenvalue weighted by Gasteiger charge is 2.65. The van der Waals surface area contributed by atoms with Crippen LogP contribution in [0, 0.1) is 0 Å². The van der Waals surface area contributed by atoms with Crippen molar-refractivity contribution in [2.75, 3.05) is 18.9 Å². The number of hydrogen-bond donors (Lipinski definition) is 3. The SMILES string of the molecule is CN1CCc2cc(/C=C/c3n[nH]c4cc([C@@H]5C[C@@]56C(=O)Nc5ccccc56)ccc34)ccc2C1.O=C(O)C(F)(F)F. The van der Waals surface area contributed by atoms with Crippen LogP contribution in [0.1, 0.15) is 45.8 Å². The van der Waals surface area contributed by atoms with Crippen molar-refractivity contribution in [1.82, 2.24) is 15.1 Å². The number of para-hydroxylation sites is 1. The van der Waals surface area contributed by atoms with Crippen molar-refractivity contribution in [3.8, 4) is 0 Å². The predicted octanol–water partition coefficient (Wildman–Crippen LogP) is 5.73. The van der Waals surface area contributed by atoms with Crippen LogP contribution in [0.2, 0.25) is 0 Å². The lowest BCUT2D eigenvalue weighted by Gasteiger charge is -2.25. The summed E-state index contributed by atoms with van der Waals surface area (Å²) in [5, 5.41) is 19.1. The number of benzene rings is 3. The van der Waals surface area contributed by atoms with Gasteiger partial charge in [0.05, 0.1) is 16.6 Å². The average Bonchev–Trinajstić information content (AvgIpc) is 3.47. The van der Waals surface area contributed by atoms with Crippen LogP contribution in [0.25, 0.3) is 23.1 Å². The summed E-state index contributed by atoms with van der Waals surface area (Å²) in [4.78, 5) is 24.1. The Morgan fingerprint density at radius 2 is 1.88 bits per heavy atom. The van der Waals surface area contributed by atoms with Crippen molar-refractivity contribution < 1.29 is 27.9 Å². The molecular weight excluding hydrogens is 533 g/mol. The molecule has 7 rings (SSSR count). The number of likely N-dealkylation sites (N-methyl/N-ethyl adjacent to an activating group) is 1. The summed E-state index contributed by atoms with van der Waals surface area (Å²) in [6.45, 7) is 2.14. The number of aromatic amines is 1. The number of carbonyl (C=O) groups is 2. The van der Waals surface area contributed by atoms with E-state index in [0.29, 0.717) is 0 Å². The smallest absolute Gasteiger partial charge is 0.475 e. The number of amides is 1. The Hall–Kier alpha value is -4.44. The molecule has 1 spiro atoms. The molecule has 3 heterocycles. The topological polar surface area (TPSA) is 98.3 Å². The van der Waals surface area contributed by atoms with E-state index >= 15 is 0 Å². The maximum Gasteiger partial charge on any atom is 0.490 e. The second kappa shape index (κ2) is 9.88. The summed E-state index contributed by atoms with van der Waals surface area (Å²) in [6.07, 6.45) is 1.12. The zero-order valence-electron chi connectivity index (χ0n) is 22.1. The highest BCUT2D eigenvalue weighted by molar-refractivity contribution is 6.09. The van der Waals surface area contributed by atoms with Gasteiger partial charge in [0.1, 0.15) is 0 Å². The second-order valence-electron chi connectivity index (χ2n) is 10.8. The Morgan fingerprint density at radius 1 is 1.10 bits per heavy atom. The first-order chi connectivity index (χ1) is 19.6. The molecule has 3 N–H and O–H groups in total. The van der Waals surface area contributed by atoms with Crippen LogP contribution in [0.3, 0.4) is 0 Å². The number of aromatic nitrogens is 2. The first-order valence-electron chi connectivity index (χ1n) is 13.2. The Bertz CT molecular complexity index is 1710. The minimum atomic E-state index is -5.08. The van der Waals surface area contributed by atoms with Crippen LogP contribution in [-0.2, 0) is 28.0 Å². The molecule has 0 radical (unpaired) electrons. The number of alkyl halides is 3. The van der Waals surface area contributed by atoms with Gasteiger partial charge in [0, 0.05) is 30.1 Å². The lowest BCUT2D eigenvalue weighted by atomic mass is 9.92. The van der Waals surface area contributed by atoms with Crippen molar-refractivity contribution >= 4 is 40.6 Å². The average molecular weight is 561 g/mol. The molecule has 0 bridgehead atoms. The molecule has 4 aromatic rings. The van der Waals surface area contributed by atoms with Gasteiger partial charge in [0.25, 0.3) is 0 Å². The predicted molar refractivity (Wildman–Crippen MR) is 149 cm³/mol. The highest BCUT2D eigenvalue weighted by atomic mass is 19.4. The fourth-order valence-corrected chi connectivity index (χ4v) is 5.95. The van der Waals surface area contributed by atoms with Crippen molar-refractivity contribution in [1.29, 1.82) is 0 Å². The molecule has 0 saturated heterocycles. The Labute approximate surface area is 233 Å². The first kappa shape index (κ1) is 26.8. The third kappa shape index (κ3) is 4.88. The van der Waals surface area contributed by atoms with E-state index in [4.69, 9.17) is 9.90 Å². The summed E-state index contributed by atoms with van der Waals surface area (Å²) < 4.78 is 31.7. The number of carbonyl (C=O) groups excluding carboxylic acids is 1. The number of halogens is 3. The van der Waals surface area contributed by atoms with E-state index in [1.807, 2.05) is 18.2 Å². The van der Waals surface area contributed by atoms with E-state index in [0.717, 1.165) is 53.8 Å². The number of fused-ring (bicyclic) bond motifs is 4. The monoisotopic (exact) mass is 560 g/mol. The fraction of sp³-hybridized carbons (Fsp3) is 0.258. The minimum absolute atomic E-state index is 0.128. The van der Waals surface area contributed by atoms with E-state index in [1.54, 1.807) is 0 Å². The summed E-state index contributed by atoms with van der Waals surface area (Å²) in [5.74, 6) is -2.42. The van der Waals surface area contributed by atoms with Crippen LogP contribution >= 0.6 is 0 Å². The van der Waals surface area contributed by atoms with E-state index in [9.17, 15) is 18.0 Å². The molecule has 1 aliphatic carbocycles. The molecule has 1 amide bonds. The number of rotatable bonds is 3. The van der Waals surface area contributed by atoms with Gasteiger partial charge >= 0.3 is 12.1 Å². The Morgan fingerprint density at radius 3 is 2.66 bits per heavy atom. The molecule has 210 valence electrons. The summed E-state index contributed by atoms with van der Waals surface area (Å²) >= 11 is 0. The largest absolute Gasteiger partial charge is 0.490 e. The molecule has 3 aliphatic rings. The maximum atomic E-state index is 12.8. The van der Waals surface area contributed by atoms with E-state index in [-0.39, 0.29) is 11.8 Å². The molecular formula is C31H27F3N4O3. The standard InChI is InChI=1S/C29H26N4O.C2HF3O2/c1-33-13-12-19-14-18(6-8-21(19)17-33)7-11-25-22-10-9-20(15-27(22)32-31-25)24-16-29(24)23-4-2-3-5-26(23)30-28(29)34;3-2(4,5)1(6)7/h2-11,14-15,24H,12-13,16-17H2,1H3,(H,30,34)(H,31,32);(H,6,7)/b11-7+;/t24-,29-;/m0./s1. The van der Waals surface area contributed by atoms with Crippen LogP contribution in [-0.4, -0.2) is 51.8 Å². The van der Waals surface area contributed by atoms with Crippen molar-refractivity contribution in [2.24, 2.45) is 0 Å². The van der Waals surface area contributed by atoms with E-state index in [1.165, 1.54) is 22.3 Å². The third-order valence-electron chi connectivity index (χ3n) is 8.15. The van der Waals surface area contributed by atoms with Crippen molar-refractivity contribution in [2.45, 2.75) is 36.9 Å². The quantitative estimate of drug-likeness (QED) is 0.297. The molecule has 1 aromatic heterocycles. The second-order valence-corrected chi connectivity index (χ2v) is 10.8. The van der Waals surface area contributed by atoms with Gasteiger partial charge in [-0.2, -0.15) is 18.3 Å². The molecule has 1 saturated carbocycles. The minimum Gasteiger partial charge on any atom is -0.475 e. The van der Waals surface area contributed by atoms with Crippen LogP contribution in [0.4, 0.5) is 18.9 Å². The van der Waals surface area contributed by atoms with Gasteiger partial charge in [0.2, 0.25) is 5.91 Å². The van der Waals surface area contributed by atoms with Gasteiger partial charge in [-0.15, -0.1) is 0 Å². The molecule has 41 heavy (non-hydrogen) atoms. The summed E-state index contributed by atoms with van der Waals surface area (Å²) in [5.41, 5.74) is 8.92. The van der Waals surface area contributed by atoms with Gasteiger partial charge in [-0.3, -0.25) is 9.89 Å². The molecule has 2 atom stereocenters.